The third kappa shape index (κ3) is 6.06. The molecule has 1 aromatic heterocycles. The molecule has 114 valence electrons. The summed E-state index contributed by atoms with van der Waals surface area (Å²) < 4.78 is 11.0. The van der Waals surface area contributed by atoms with Gasteiger partial charge >= 0.3 is 0 Å². The Bertz CT molecular complexity index is 396. The Kier molecular flexibility index (Phi) is 7.72. The second-order valence-corrected chi connectivity index (χ2v) is 4.57. The van der Waals surface area contributed by atoms with E-state index in [0.717, 1.165) is 43.4 Å². The molecule has 0 spiro atoms. The van der Waals surface area contributed by atoms with Crippen LogP contribution in [0.3, 0.4) is 0 Å². The summed E-state index contributed by atoms with van der Waals surface area (Å²) >= 11 is 0. The minimum absolute atomic E-state index is 0.519. The average Bonchev–Trinajstić information content (AvgIpc) is 2.76. The van der Waals surface area contributed by atoms with Crippen molar-refractivity contribution >= 4 is 5.96 Å². The van der Waals surface area contributed by atoms with E-state index >= 15 is 0 Å². The van der Waals surface area contributed by atoms with Gasteiger partial charge in [0.15, 0.2) is 5.96 Å². The fourth-order valence-electron chi connectivity index (χ4n) is 1.58. The van der Waals surface area contributed by atoms with Crippen LogP contribution in [0.15, 0.2) is 9.41 Å². The summed E-state index contributed by atoms with van der Waals surface area (Å²) in [7, 11) is 1.74. The lowest BCUT2D eigenvalue weighted by atomic mass is 10.4. The number of hydrogen-bond donors (Lipinski definition) is 2. The van der Waals surface area contributed by atoms with Gasteiger partial charge in [-0.25, -0.2) is 4.98 Å². The Balaban J connectivity index is 2.20. The number of nitrogens with zero attached hydrogens (tertiary/aromatic N) is 2. The lowest BCUT2D eigenvalue weighted by Crippen LogP contribution is -2.38. The highest BCUT2D eigenvalue weighted by Crippen LogP contribution is 2.07. The highest BCUT2D eigenvalue weighted by molar-refractivity contribution is 5.79. The first-order valence-electron chi connectivity index (χ1n) is 7.12. The zero-order chi connectivity index (χ0) is 14.8. The molecule has 0 amide bonds. The largest absolute Gasteiger partial charge is 0.444 e. The quantitative estimate of drug-likeness (QED) is 0.432. The molecule has 0 bridgehead atoms. The van der Waals surface area contributed by atoms with Gasteiger partial charge in [-0.15, -0.1) is 0 Å². The molecule has 6 heteroatoms. The van der Waals surface area contributed by atoms with Gasteiger partial charge in [0.2, 0.25) is 5.89 Å². The third-order valence-corrected chi connectivity index (χ3v) is 2.88. The van der Waals surface area contributed by atoms with Crippen molar-refractivity contribution in [2.75, 3.05) is 26.8 Å². The Labute approximate surface area is 121 Å². The van der Waals surface area contributed by atoms with E-state index in [1.54, 1.807) is 7.05 Å². The summed E-state index contributed by atoms with van der Waals surface area (Å²) in [4.78, 5) is 8.45. The van der Waals surface area contributed by atoms with Gasteiger partial charge in [0.1, 0.15) is 5.76 Å². The van der Waals surface area contributed by atoms with E-state index in [1.165, 1.54) is 0 Å². The molecule has 0 aromatic carbocycles. The van der Waals surface area contributed by atoms with Crippen LogP contribution in [0.2, 0.25) is 0 Å². The van der Waals surface area contributed by atoms with Crippen molar-refractivity contribution in [2.45, 2.75) is 40.2 Å². The molecule has 0 aliphatic carbocycles. The topological polar surface area (TPSA) is 71.7 Å². The van der Waals surface area contributed by atoms with Crippen molar-refractivity contribution < 1.29 is 9.15 Å². The Morgan fingerprint density at radius 3 is 2.70 bits per heavy atom. The lowest BCUT2D eigenvalue weighted by Gasteiger charge is -2.10. The van der Waals surface area contributed by atoms with Crippen LogP contribution in [0.5, 0.6) is 0 Å². The molecule has 0 saturated heterocycles. The highest BCUT2D eigenvalue weighted by atomic mass is 16.5. The van der Waals surface area contributed by atoms with Gasteiger partial charge < -0.3 is 19.8 Å². The van der Waals surface area contributed by atoms with Crippen LogP contribution in [0.4, 0.5) is 0 Å². The van der Waals surface area contributed by atoms with E-state index in [-0.39, 0.29) is 0 Å². The fraction of sp³-hybridized carbons (Fsp3) is 0.714. The van der Waals surface area contributed by atoms with Crippen molar-refractivity contribution in [2.24, 2.45) is 4.99 Å². The predicted octanol–water partition coefficient (Wildman–Crippen LogP) is 1.77. The standard InChI is InChI=1S/C14H26N4O2/c1-5-6-8-19-9-7-16-14(15-4)17-10-13-18-11(2)12(3)20-13/h5-10H2,1-4H3,(H2,15,16,17). The van der Waals surface area contributed by atoms with Crippen LogP contribution in [0.25, 0.3) is 0 Å². The molecule has 2 N–H and O–H groups in total. The summed E-state index contributed by atoms with van der Waals surface area (Å²) in [6.45, 7) is 8.74. The van der Waals surface area contributed by atoms with E-state index < -0.39 is 0 Å². The van der Waals surface area contributed by atoms with Crippen LogP contribution in [-0.2, 0) is 11.3 Å². The number of aromatic nitrogens is 1. The maximum atomic E-state index is 5.50. The number of nitrogens with one attached hydrogen (secondary N) is 2. The minimum atomic E-state index is 0.519. The second-order valence-electron chi connectivity index (χ2n) is 4.57. The average molecular weight is 282 g/mol. The van der Waals surface area contributed by atoms with Crippen molar-refractivity contribution in [3.8, 4) is 0 Å². The number of ether oxygens (including phenoxy) is 1. The predicted molar refractivity (Wildman–Crippen MR) is 79.9 cm³/mol. The second kappa shape index (κ2) is 9.36. The number of aliphatic imine (C=N–C) groups is 1. The zero-order valence-corrected chi connectivity index (χ0v) is 13.0. The summed E-state index contributed by atoms with van der Waals surface area (Å²) in [5.74, 6) is 2.24. The molecular weight excluding hydrogens is 256 g/mol. The van der Waals surface area contributed by atoms with Crippen molar-refractivity contribution in [3.63, 3.8) is 0 Å². The first-order chi connectivity index (χ1) is 9.67. The zero-order valence-electron chi connectivity index (χ0n) is 13.0. The normalized spacial score (nSPS) is 11.7. The Morgan fingerprint density at radius 2 is 2.10 bits per heavy atom. The highest BCUT2D eigenvalue weighted by Gasteiger charge is 2.06. The van der Waals surface area contributed by atoms with Gasteiger partial charge in [-0.3, -0.25) is 4.99 Å². The minimum Gasteiger partial charge on any atom is -0.444 e. The van der Waals surface area contributed by atoms with Crippen LogP contribution < -0.4 is 10.6 Å². The maximum absolute atomic E-state index is 5.50. The van der Waals surface area contributed by atoms with E-state index in [0.29, 0.717) is 19.0 Å². The summed E-state index contributed by atoms with van der Waals surface area (Å²) in [5, 5.41) is 6.34. The summed E-state index contributed by atoms with van der Waals surface area (Å²) in [6, 6.07) is 0. The van der Waals surface area contributed by atoms with Crippen molar-refractivity contribution in [1.82, 2.24) is 15.6 Å². The van der Waals surface area contributed by atoms with Gasteiger partial charge in [0.05, 0.1) is 18.8 Å². The molecule has 0 aliphatic rings. The van der Waals surface area contributed by atoms with Crippen molar-refractivity contribution in [1.29, 1.82) is 0 Å². The van der Waals surface area contributed by atoms with Crippen molar-refractivity contribution in [3.05, 3.63) is 17.3 Å². The molecule has 0 fully saturated rings. The third-order valence-electron chi connectivity index (χ3n) is 2.88. The van der Waals surface area contributed by atoms with Gasteiger partial charge in [-0.2, -0.15) is 0 Å². The van der Waals surface area contributed by atoms with Gasteiger partial charge in [0, 0.05) is 20.2 Å². The van der Waals surface area contributed by atoms with E-state index in [2.05, 4.69) is 27.5 Å². The van der Waals surface area contributed by atoms with Crippen LogP contribution in [-0.4, -0.2) is 37.7 Å². The molecule has 0 atom stereocenters. The number of guanidine groups is 1. The fourth-order valence-corrected chi connectivity index (χ4v) is 1.58. The molecule has 1 rings (SSSR count). The molecule has 20 heavy (non-hydrogen) atoms. The summed E-state index contributed by atoms with van der Waals surface area (Å²) in [5.41, 5.74) is 0.925. The maximum Gasteiger partial charge on any atom is 0.214 e. The summed E-state index contributed by atoms with van der Waals surface area (Å²) in [6.07, 6.45) is 2.27. The number of hydrogen-bond acceptors (Lipinski definition) is 4. The number of rotatable bonds is 8. The molecule has 6 nitrogen and oxygen atoms in total. The molecule has 0 aliphatic heterocycles. The number of aryl methyl sites for hydroxylation is 2. The SMILES string of the molecule is CCCCOCCNC(=NC)NCc1nc(C)c(C)o1. The molecular formula is C14H26N4O2. The first-order valence-corrected chi connectivity index (χ1v) is 7.12. The van der Waals surface area contributed by atoms with Crippen LogP contribution in [0.1, 0.15) is 37.1 Å². The molecule has 0 unspecified atom stereocenters. The van der Waals surface area contributed by atoms with E-state index in [1.807, 2.05) is 13.8 Å². The van der Waals surface area contributed by atoms with Gasteiger partial charge in [-0.1, -0.05) is 13.3 Å². The van der Waals surface area contributed by atoms with Crippen LogP contribution in [0, 0.1) is 13.8 Å². The smallest absolute Gasteiger partial charge is 0.214 e. The molecule has 0 radical (unpaired) electrons. The van der Waals surface area contributed by atoms with Gasteiger partial charge in [-0.05, 0) is 20.3 Å². The lowest BCUT2D eigenvalue weighted by molar-refractivity contribution is 0.136. The van der Waals surface area contributed by atoms with E-state index in [4.69, 9.17) is 9.15 Å². The van der Waals surface area contributed by atoms with Crippen LogP contribution >= 0.6 is 0 Å². The number of unbranched alkanes of at least 4 members (excludes halogenated alkanes) is 1. The monoisotopic (exact) mass is 282 g/mol. The molecule has 0 saturated carbocycles. The Morgan fingerprint density at radius 1 is 1.30 bits per heavy atom. The van der Waals surface area contributed by atoms with E-state index in [9.17, 15) is 0 Å². The number of oxazole rings is 1. The first kappa shape index (κ1) is 16.5. The Hall–Kier alpha value is -1.56. The molecule has 1 aromatic rings. The van der Waals surface area contributed by atoms with Gasteiger partial charge in [0.25, 0.3) is 0 Å². The molecule has 1 heterocycles.